The lowest BCUT2D eigenvalue weighted by atomic mass is 10.1. The van der Waals surface area contributed by atoms with Crippen LogP contribution in [-0.4, -0.2) is 12.1 Å². The Morgan fingerprint density at radius 2 is 1.89 bits per heavy atom. The molecule has 2 rings (SSSR count). The van der Waals surface area contributed by atoms with E-state index in [-0.39, 0.29) is 12.1 Å². The van der Waals surface area contributed by atoms with E-state index in [2.05, 4.69) is 0 Å². The molecule has 0 saturated heterocycles. The molecule has 0 spiro atoms. The highest BCUT2D eigenvalue weighted by atomic mass is 16.5. The fourth-order valence-corrected chi connectivity index (χ4v) is 2.42. The molecule has 1 saturated carbocycles. The summed E-state index contributed by atoms with van der Waals surface area (Å²) in [6.45, 7) is 1.95. The Labute approximate surface area is 108 Å². The van der Waals surface area contributed by atoms with Gasteiger partial charge in [0.1, 0.15) is 6.10 Å². The molecule has 1 aromatic carbocycles. The Hall–Kier alpha value is -1.51. The third-order valence-corrected chi connectivity index (χ3v) is 3.50. The largest absolute Gasteiger partial charge is 0.459 e. The number of carbonyl (C=O) groups is 1. The van der Waals surface area contributed by atoms with Crippen molar-refractivity contribution < 1.29 is 9.53 Å². The molecular formula is C15H21NO2. The normalized spacial score (nSPS) is 17.2. The fourth-order valence-electron chi connectivity index (χ4n) is 2.42. The van der Waals surface area contributed by atoms with Gasteiger partial charge >= 0.3 is 5.97 Å². The first-order chi connectivity index (χ1) is 8.66. The minimum Gasteiger partial charge on any atom is -0.459 e. The van der Waals surface area contributed by atoms with Crippen LogP contribution in [0.15, 0.2) is 18.2 Å². The number of aryl methyl sites for hydroxylation is 1. The fraction of sp³-hybridized carbons (Fsp3) is 0.533. The van der Waals surface area contributed by atoms with Gasteiger partial charge < -0.3 is 10.5 Å². The van der Waals surface area contributed by atoms with E-state index >= 15 is 0 Å². The number of anilines is 1. The molecule has 3 nitrogen and oxygen atoms in total. The predicted molar refractivity (Wildman–Crippen MR) is 72.5 cm³/mol. The third kappa shape index (κ3) is 3.25. The van der Waals surface area contributed by atoms with Crippen molar-refractivity contribution in [2.24, 2.45) is 0 Å². The number of nitrogen functional groups attached to an aromatic ring is 1. The highest BCUT2D eigenvalue weighted by molar-refractivity contribution is 5.95. The van der Waals surface area contributed by atoms with Crippen molar-refractivity contribution >= 4 is 11.7 Å². The van der Waals surface area contributed by atoms with Crippen molar-refractivity contribution in [2.45, 2.75) is 51.6 Å². The number of nitrogens with two attached hydrogens (primary N) is 1. The minimum atomic E-state index is -0.275. The van der Waals surface area contributed by atoms with Gasteiger partial charge in [0.15, 0.2) is 0 Å². The zero-order valence-electron chi connectivity index (χ0n) is 10.9. The van der Waals surface area contributed by atoms with Crippen molar-refractivity contribution in [1.82, 2.24) is 0 Å². The summed E-state index contributed by atoms with van der Waals surface area (Å²) in [6.07, 6.45) is 6.85. The topological polar surface area (TPSA) is 52.3 Å². The molecule has 1 fully saturated rings. The molecular weight excluding hydrogens is 226 g/mol. The monoisotopic (exact) mass is 247 g/mol. The maximum Gasteiger partial charge on any atom is 0.340 e. The smallest absolute Gasteiger partial charge is 0.340 e. The highest BCUT2D eigenvalue weighted by Gasteiger charge is 2.19. The van der Waals surface area contributed by atoms with Gasteiger partial charge in [-0.25, -0.2) is 4.79 Å². The van der Waals surface area contributed by atoms with Crippen LogP contribution in [0.4, 0.5) is 5.69 Å². The average molecular weight is 247 g/mol. The van der Waals surface area contributed by atoms with E-state index in [0.29, 0.717) is 11.3 Å². The van der Waals surface area contributed by atoms with Gasteiger partial charge in [-0.2, -0.15) is 0 Å². The molecule has 98 valence electrons. The maximum atomic E-state index is 12.1. The van der Waals surface area contributed by atoms with Gasteiger partial charge in [-0.05, 0) is 44.7 Å². The van der Waals surface area contributed by atoms with Gasteiger partial charge in [0.05, 0.1) is 5.56 Å². The third-order valence-electron chi connectivity index (χ3n) is 3.50. The Balaban J connectivity index is 2.04. The summed E-state index contributed by atoms with van der Waals surface area (Å²) in [5.74, 6) is -0.275. The van der Waals surface area contributed by atoms with Crippen molar-refractivity contribution in [3.05, 3.63) is 29.3 Å². The van der Waals surface area contributed by atoms with Crippen LogP contribution in [-0.2, 0) is 4.74 Å². The first-order valence-electron chi connectivity index (χ1n) is 6.74. The van der Waals surface area contributed by atoms with Gasteiger partial charge in [-0.1, -0.05) is 24.5 Å². The standard InChI is InChI=1S/C15H21NO2/c1-11-8-9-14(16)13(10-11)15(17)18-12-6-4-2-3-5-7-12/h8-10,12H,2-7,16H2,1H3. The zero-order chi connectivity index (χ0) is 13.0. The summed E-state index contributed by atoms with van der Waals surface area (Å²) in [5, 5.41) is 0. The lowest BCUT2D eigenvalue weighted by molar-refractivity contribution is 0.0268. The number of hydrogen-bond donors (Lipinski definition) is 1. The van der Waals surface area contributed by atoms with Crippen molar-refractivity contribution in [1.29, 1.82) is 0 Å². The summed E-state index contributed by atoms with van der Waals surface area (Å²) in [4.78, 5) is 12.1. The molecule has 0 aromatic heterocycles. The quantitative estimate of drug-likeness (QED) is 0.494. The molecule has 0 heterocycles. The Bertz CT molecular complexity index is 421. The molecule has 2 N–H and O–H groups in total. The minimum absolute atomic E-state index is 0.0694. The lowest BCUT2D eigenvalue weighted by Gasteiger charge is -2.16. The Kier molecular flexibility index (Phi) is 4.24. The van der Waals surface area contributed by atoms with E-state index in [1.165, 1.54) is 12.8 Å². The summed E-state index contributed by atoms with van der Waals surface area (Å²) in [6, 6.07) is 5.46. The van der Waals surface area contributed by atoms with Crippen LogP contribution in [0.2, 0.25) is 0 Å². The molecule has 0 amide bonds. The summed E-state index contributed by atoms with van der Waals surface area (Å²) in [7, 11) is 0. The number of benzene rings is 1. The molecule has 0 aliphatic heterocycles. The first-order valence-corrected chi connectivity index (χ1v) is 6.74. The van der Waals surface area contributed by atoms with Gasteiger partial charge in [-0.3, -0.25) is 0 Å². The van der Waals surface area contributed by atoms with Crippen LogP contribution in [0.1, 0.15) is 54.4 Å². The van der Waals surface area contributed by atoms with Crippen LogP contribution in [0, 0.1) is 6.92 Å². The second kappa shape index (κ2) is 5.89. The SMILES string of the molecule is Cc1ccc(N)c(C(=O)OC2CCCCCC2)c1. The van der Waals surface area contributed by atoms with Crippen LogP contribution in [0.3, 0.4) is 0 Å². The van der Waals surface area contributed by atoms with Gasteiger partial charge in [0.25, 0.3) is 0 Å². The summed E-state index contributed by atoms with van der Waals surface area (Å²) >= 11 is 0. The van der Waals surface area contributed by atoms with Crippen LogP contribution < -0.4 is 5.73 Å². The summed E-state index contributed by atoms with van der Waals surface area (Å²) in [5.41, 5.74) is 7.85. The van der Waals surface area contributed by atoms with Gasteiger partial charge in [0, 0.05) is 5.69 Å². The predicted octanol–water partition coefficient (Wildman–Crippen LogP) is 3.46. The second-order valence-corrected chi connectivity index (χ2v) is 5.11. The van der Waals surface area contributed by atoms with Crippen LogP contribution in [0.5, 0.6) is 0 Å². The number of hydrogen-bond acceptors (Lipinski definition) is 3. The van der Waals surface area contributed by atoms with E-state index < -0.39 is 0 Å². The lowest BCUT2D eigenvalue weighted by Crippen LogP contribution is -2.18. The molecule has 1 aliphatic rings. The Morgan fingerprint density at radius 3 is 2.56 bits per heavy atom. The number of rotatable bonds is 2. The van der Waals surface area contributed by atoms with Gasteiger partial charge in [-0.15, -0.1) is 0 Å². The highest BCUT2D eigenvalue weighted by Crippen LogP contribution is 2.22. The van der Waals surface area contributed by atoms with Crippen LogP contribution in [0.25, 0.3) is 0 Å². The second-order valence-electron chi connectivity index (χ2n) is 5.11. The van der Waals surface area contributed by atoms with Crippen molar-refractivity contribution in [3.8, 4) is 0 Å². The molecule has 18 heavy (non-hydrogen) atoms. The zero-order valence-corrected chi connectivity index (χ0v) is 10.9. The number of esters is 1. The van der Waals surface area contributed by atoms with E-state index in [9.17, 15) is 4.79 Å². The molecule has 0 unspecified atom stereocenters. The number of carbonyl (C=O) groups excluding carboxylic acids is 1. The van der Waals surface area contributed by atoms with E-state index in [0.717, 1.165) is 31.2 Å². The molecule has 3 heteroatoms. The maximum absolute atomic E-state index is 12.1. The number of ether oxygens (including phenoxy) is 1. The van der Waals surface area contributed by atoms with E-state index in [4.69, 9.17) is 10.5 Å². The van der Waals surface area contributed by atoms with Crippen molar-refractivity contribution in [3.63, 3.8) is 0 Å². The molecule has 1 aromatic rings. The molecule has 1 aliphatic carbocycles. The van der Waals surface area contributed by atoms with E-state index in [1.807, 2.05) is 13.0 Å². The van der Waals surface area contributed by atoms with Crippen molar-refractivity contribution in [2.75, 3.05) is 5.73 Å². The van der Waals surface area contributed by atoms with Crippen LogP contribution >= 0.6 is 0 Å². The molecule has 0 radical (unpaired) electrons. The van der Waals surface area contributed by atoms with Gasteiger partial charge in [0.2, 0.25) is 0 Å². The average Bonchev–Trinajstić information content (AvgIpc) is 2.61. The molecule has 0 atom stereocenters. The molecule has 0 bridgehead atoms. The first kappa shape index (κ1) is 12.9. The summed E-state index contributed by atoms with van der Waals surface area (Å²) < 4.78 is 5.57. The van der Waals surface area contributed by atoms with E-state index in [1.54, 1.807) is 12.1 Å². The Morgan fingerprint density at radius 1 is 1.22 bits per heavy atom.